The lowest BCUT2D eigenvalue weighted by Crippen LogP contribution is -2.43. The SMILES string of the molecule is O=C(Nc1ccc(C=Cc2ccc(NC(=O)[C@@H]3CCCN3C(=O)c3ncccc3-c3ccccc3)cc2)cc1)[C@@H]1CCCN1C(=O)c1ccccc1-c1ccccc1. The molecule has 0 radical (unpaired) electrons. The first-order chi connectivity index (χ1) is 28.4. The van der Waals surface area contributed by atoms with Gasteiger partial charge in [0.05, 0.1) is 0 Å². The van der Waals surface area contributed by atoms with Gasteiger partial charge < -0.3 is 20.4 Å². The van der Waals surface area contributed by atoms with Crippen LogP contribution in [0.4, 0.5) is 11.4 Å². The van der Waals surface area contributed by atoms with Crippen molar-refractivity contribution in [2.75, 3.05) is 23.7 Å². The number of hydrogen-bond donors (Lipinski definition) is 2. The maximum Gasteiger partial charge on any atom is 0.273 e. The van der Waals surface area contributed by atoms with Crippen LogP contribution in [0.25, 0.3) is 34.4 Å². The van der Waals surface area contributed by atoms with Crippen molar-refractivity contribution >= 4 is 47.2 Å². The first kappa shape index (κ1) is 37.8. The minimum absolute atomic E-state index is 0.139. The number of nitrogens with one attached hydrogen (secondary N) is 2. The molecular weight excluding hydrogens is 723 g/mol. The number of likely N-dealkylation sites (tertiary alicyclic amines) is 2. The van der Waals surface area contributed by atoms with Crippen molar-refractivity contribution in [3.63, 3.8) is 0 Å². The summed E-state index contributed by atoms with van der Waals surface area (Å²) in [5, 5.41) is 6.02. The molecule has 2 aliphatic heterocycles. The average Bonchev–Trinajstić information content (AvgIpc) is 3.99. The maximum atomic E-state index is 13.8. The summed E-state index contributed by atoms with van der Waals surface area (Å²) in [4.78, 5) is 62.2. The van der Waals surface area contributed by atoms with E-state index in [-0.39, 0.29) is 23.6 Å². The fourth-order valence-corrected chi connectivity index (χ4v) is 7.82. The minimum Gasteiger partial charge on any atom is -0.327 e. The lowest BCUT2D eigenvalue weighted by molar-refractivity contribution is -0.120. The summed E-state index contributed by atoms with van der Waals surface area (Å²) in [7, 11) is 0. The van der Waals surface area contributed by atoms with Gasteiger partial charge in [0.2, 0.25) is 11.8 Å². The van der Waals surface area contributed by atoms with Crippen LogP contribution < -0.4 is 10.6 Å². The summed E-state index contributed by atoms with van der Waals surface area (Å²) in [5.41, 5.74) is 7.58. The summed E-state index contributed by atoms with van der Waals surface area (Å²) < 4.78 is 0. The van der Waals surface area contributed by atoms with E-state index in [0.29, 0.717) is 48.6 Å². The Kier molecular flexibility index (Phi) is 11.3. The molecule has 2 aliphatic rings. The molecule has 0 spiro atoms. The zero-order valence-corrected chi connectivity index (χ0v) is 32.0. The Hall–Kier alpha value is -7.13. The summed E-state index contributed by atoms with van der Waals surface area (Å²) in [6, 6.07) is 44.7. The highest BCUT2D eigenvalue weighted by Crippen LogP contribution is 2.30. The van der Waals surface area contributed by atoms with E-state index in [9.17, 15) is 19.2 Å². The van der Waals surface area contributed by atoms with Gasteiger partial charge in [-0.3, -0.25) is 24.2 Å². The van der Waals surface area contributed by atoms with E-state index in [1.807, 2.05) is 158 Å². The van der Waals surface area contributed by atoms with Gasteiger partial charge in [-0.05, 0) is 89.9 Å². The largest absolute Gasteiger partial charge is 0.327 e. The van der Waals surface area contributed by atoms with Crippen LogP contribution in [0.1, 0.15) is 57.7 Å². The number of hydrogen-bond acceptors (Lipinski definition) is 5. The molecule has 3 heterocycles. The first-order valence-electron chi connectivity index (χ1n) is 19.7. The van der Waals surface area contributed by atoms with Crippen LogP contribution in [0.15, 0.2) is 152 Å². The van der Waals surface area contributed by atoms with Crippen molar-refractivity contribution in [3.05, 3.63) is 174 Å². The monoisotopic (exact) mass is 765 g/mol. The normalized spacial score (nSPS) is 16.3. The van der Waals surface area contributed by atoms with Crippen LogP contribution in [-0.2, 0) is 9.59 Å². The molecular formula is C49H43N5O4. The Morgan fingerprint density at radius 2 is 0.983 bits per heavy atom. The molecule has 2 N–H and O–H groups in total. The number of pyridine rings is 1. The van der Waals surface area contributed by atoms with Crippen molar-refractivity contribution < 1.29 is 19.2 Å². The molecule has 2 saturated heterocycles. The molecule has 5 aromatic carbocycles. The van der Waals surface area contributed by atoms with Gasteiger partial charge in [0.15, 0.2) is 0 Å². The zero-order chi connectivity index (χ0) is 39.8. The lowest BCUT2D eigenvalue weighted by Gasteiger charge is -2.25. The molecule has 0 bridgehead atoms. The molecule has 4 amide bonds. The number of anilines is 2. The van der Waals surface area contributed by atoms with Crippen molar-refractivity contribution in [2.45, 2.75) is 37.8 Å². The van der Waals surface area contributed by atoms with Gasteiger partial charge in [-0.1, -0.05) is 121 Å². The van der Waals surface area contributed by atoms with Crippen molar-refractivity contribution in [1.82, 2.24) is 14.8 Å². The van der Waals surface area contributed by atoms with Crippen molar-refractivity contribution in [1.29, 1.82) is 0 Å². The first-order valence-corrected chi connectivity index (χ1v) is 19.7. The Morgan fingerprint density at radius 1 is 0.517 bits per heavy atom. The Morgan fingerprint density at radius 3 is 1.53 bits per heavy atom. The second kappa shape index (κ2) is 17.3. The minimum atomic E-state index is -0.590. The van der Waals surface area contributed by atoms with Gasteiger partial charge in [-0.2, -0.15) is 0 Å². The number of nitrogens with zero attached hydrogens (tertiary/aromatic N) is 3. The number of amides is 4. The van der Waals surface area contributed by atoms with Crippen molar-refractivity contribution in [3.8, 4) is 22.3 Å². The van der Waals surface area contributed by atoms with Gasteiger partial charge in [0.1, 0.15) is 17.8 Å². The fraction of sp³-hybridized carbons (Fsp3) is 0.163. The average molecular weight is 766 g/mol. The third kappa shape index (κ3) is 8.34. The van der Waals surface area contributed by atoms with Gasteiger partial charge in [-0.25, -0.2) is 0 Å². The third-order valence-corrected chi connectivity index (χ3v) is 10.8. The van der Waals surface area contributed by atoms with Crippen LogP contribution in [0.2, 0.25) is 0 Å². The van der Waals surface area contributed by atoms with E-state index in [2.05, 4.69) is 15.6 Å². The summed E-state index contributed by atoms with van der Waals surface area (Å²) >= 11 is 0. The molecule has 2 fully saturated rings. The van der Waals surface area contributed by atoms with Gasteiger partial charge >= 0.3 is 0 Å². The molecule has 2 atom stereocenters. The van der Waals surface area contributed by atoms with Crippen LogP contribution in [0.5, 0.6) is 0 Å². The van der Waals surface area contributed by atoms with Crippen LogP contribution in [0.3, 0.4) is 0 Å². The van der Waals surface area contributed by atoms with Crippen LogP contribution >= 0.6 is 0 Å². The highest BCUT2D eigenvalue weighted by molar-refractivity contribution is 6.05. The molecule has 9 heteroatoms. The molecule has 0 aliphatic carbocycles. The Balaban J connectivity index is 0.856. The Bertz CT molecular complexity index is 2280. The van der Waals surface area contributed by atoms with Gasteiger partial charge in [0, 0.05) is 41.8 Å². The standard InChI is InChI=1S/C49H43N5O4/c55-46(43-19-10-32-53(43)48(57)42-17-8-7-16-40(42)36-12-3-1-4-13-36)51-38-27-23-34(24-28-38)21-22-35-25-29-39(30-26-35)52-47(56)44-20-11-33-54(44)49(58)45-41(18-9-31-50-45)37-14-5-2-6-15-37/h1-9,12-18,21-31,43-44H,10-11,19-20,32-33H2,(H,51,55)(H,52,56)/t43-,44-/m0/s1. The number of benzene rings is 5. The highest BCUT2D eigenvalue weighted by Gasteiger charge is 2.37. The van der Waals surface area contributed by atoms with E-state index in [4.69, 9.17) is 0 Å². The molecule has 1 aromatic heterocycles. The summed E-state index contributed by atoms with van der Waals surface area (Å²) in [6.07, 6.45) is 8.25. The molecule has 58 heavy (non-hydrogen) atoms. The molecule has 9 nitrogen and oxygen atoms in total. The highest BCUT2D eigenvalue weighted by atomic mass is 16.2. The van der Waals surface area contributed by atoms with Gasteiger partial charge in [0.25, 0.3) is 11.8 Å². The fourth-order valence-electron chi connectivity index (χ4n) is 7.82. The zero-order valence-electron chi connectivity index (χ0n) is 32.0. The van der Waals surface area contributed by atoms with E-state index < -0.39 is 12.1 Å². The number of carbonyl (C=O) groups is 4. The Labute approximate surface area is 338 Å². The molecule has 6 aromatic rings. The smallest absolute Gasteiger partial charge is 0.273 e. The molecule has 0 saturated carbocycles. The van der Waals surface area contributed by atoms with Crippen LogP contribution in [-0.4, -0.2) is 63.6 Å². The number of aromatic nitrogens is 1. The predicted octanol–water partition coefficient (Wildman–Crippen LogP) is 9.07. The summed E-state index contributed by atoms with van der Waals surface area (Å²) in [5.74, 6) is -0.809. The molecule has 8 rings (SSSR count). The quantitative estimate of drug-likeness (QED) is 0.135. The third-order valence-electron chi connectivity index (χ3n) is 10.8. The van der Waals surface area contributed by atoms with Crippen LogP contribution in [0, 0.1) is 0 Å². The number of carbonyl (C=O) groups excluding carboxylic acids is 4. The predicted molar refractivity (Wildman–Crippen MR) is 229 cm³/mol. The van der Waals surface area contributed by atoms with Crippen molar-refractivity contribution in [2.24, 2.45) is 0 Å². The molecule has 0 unspecified atom stereocenters. The van der Waals surface area contributed by atoms with E-state index in [1.165, 1.54) is 0 Å². The topological polar surface area (TPSA) is 112 Å². The van der Waals surface area contributed by atoms with E-state index >= 15 is 0 Å². The van der Waals surface area contributed by atoms with E-state index in [0.717, 1.165) is 46.2 Å². The molecule has 288 valence electrons. The second-order valence-electron chi connectivity index (χ2n) is 14.5. The number of rotatable bonds is 10. The lowest BCUT2D eigenvalue weighted by atomic mass is 9.98. The van der Waals surface area contributed by atoms with E-state index in [1.54, 1.807) is 16.0 Å². The summed E-state index contributed by atoms with van der Waals surface area (Å²) in [6.45, 7) is 1.02. The second-order valence-corrected chi connectivity index (χ2v) is 14.5. The van der Waals surface area contributed by atoms with Gasteiger partial charge in [-0.15, -0.1) is 0 Å². The maximum absolute atomic E-state index is 13.8.